The minimum atomic E-state index is -0.472. The molecule has 0 aromatic heterocycles. The Morgan fingerprint density at radius 2 is 1.12 bits per heavy atom. The molecule has 0 N–H and O–H groups in total. The Morgan fingerprint density at radius 3 is 1.42 bits per heavy atom. The third kappa shape index (κ3) is 12.1. The molecule has 24 heavy (non-hydrogen) atoms. The third-order valence-corrected chi connectivity index (χ3v) is 4.36. The molecule has 0 aliphatic heterocycles. The Morgan fingerprint density at radius 1 is 0.750 bits per heavy atom. The van der Waals surface area contributed by atoms with Crippen molar-refractivity contribution in [1.82, 2.24) is 0 Å². The van der Waals surface area contributed by atoms with Crippen molar-refractivity contribution in [3.63, 3.8) is 0 Å². The van der Waals surface area contributed by atoms with E-state index in [2.05, 4.69) is 27.7 Å². The first kappa shape index (κ1) is 22.7. The lowest BCUT2D eigenvalue weighted by atomic mass is 10.0. The van der Waals surface area contributed by atoms with Crippen LogP contribution in [0.25, 0.3) is 0 Å². The first-order valence-electron chi connectivity index (χ1n) is 9.58. The molecule has 0 saturated heterocycles. The van der Waals surface area contributed by atoms with Gasteiger partial charge in [0.15, 0.2) is 0 Å². The number of esters is 2. The van der Waals surface area contributed by atoms with Crippen molar-refractivity contribution in [3.05, 3.63) is 12.2 Å². The topological polar surface area (TPSA) is 52.6 Å². The van der Waals surface area contributed by atoms with E-state index in [0.29, 0.717) is 25.0 Å². The van der Waals surface area contributed by atoms with E-state index in [1.54, 1.807) is 0 Å². The van der Waals surface area contributed by atoms with Gasteiger partial charge in [0, 0.05) is 12.2 Å². The van der Waals surface area contributed by atoms with E-state index in [0.717, 1.165) is 51.4 Å². The van der Waals surface area contributed by atoms with Crippen molar-refractivity contribution < 1.29 is 19.1 Å². The molecule has 0 aliphatic rings. The van der Waals surface area contributed by atoms with Gasteiger partial charge in [-0.25, -0.2) is 9.59 Å². The Kier molecular flexibility index (Phi) is 14.4. The lowest BCUT2D eigenvalue weighted by molar-refractivity contribution is -0.142. The molecule has 0 aliphatic carbocycles. The Bertz CT molecular complexity index is 329. The van der Waals surface area contributed by atoms with Crippen LogP contribution in [0.2, 0.25) is 0 Å². The van der Waals surface area contributed by atoms with E-state index in [4.69, 9.17) is 9.47 Å². The smallest absolute Gasteiger partial charge is 0.331 e. The maximum Gasteiger partial charge on any atom is 0.331 e. The van der Waals surface area contributed by atoms with Gasteiger partial charge >= 0.3 is 11.9 Å². The van der Waals surface area contributed by atoms with E-state index in [9.17, 15) is 9.59 Å². The second-order valence-electron chi connectivity index (χ2n) is 6.43. The van der Waals surface area contributed by atoms with E-state index in [1.165, 1.54) is 12.2 Å². The normalized spacial score (nSPS) is 13.7. The summed E-state index contributed by atoms with van der Waals surface area (Å²) in [6.07, 6.45) is 11.1. The maximum absolute atomic E-state index is 11.7. The van der Waals surface area contributed by atoms with Crippen molar-refractivity contribution in [3.8, 4) is 0 Å². The zero-order valence-corrected chi connectivity index (χ0v) is 16.0. The molecule has 4 nitrogen and oxygen atoms in total. The fourth-order valence-corrected chi connectivity index (χ4v) is 2.43. The summed E-state index contributed by atoms with van der Waals surface area (Å²) in [5.74, 6) is -0.142. The van der Waals surface area contributed by atoms with Gasteiger partial charge in [0.05, 0.1) is 13.2 Å². The highest BCUT2D eigenvalue weighted by Crippen LogP contribution is 2.14. The minimum Gasteiger partial charge on any atom is -0.462 e. The number of rotatable bonds is 14. The van der Waals surface area contributed by atoms with Crippen molar-refractivity contribution in [2.24, 2.45) is 11.8 Å². The molecule has 0 saturated carbocycles. The van der Waals surface area contributed by atoms with Crippen molar-refractivity contribution in [2.75, 3.05) is 13.2 Å². The van der Waals surface area contributed by atoms with Crippen molar-refractivity contribution >= 4 is 11.9 Å². The van der Waals surface area contributed by atoms with Gasteiger partial charge in [0.1, 0.15) is 0 Å². The monoisotopic (exact) mass is 340 g/mol. The van der Waals surface area contributed by atoms with Gasteiger partial charge < -0.3 is 9.47 Å². The molecule has 0 radical (unpaired) electrons. The second kappa shape index (κ2) is 15.2. The highest BCUT2D eigenvalue weighted by atomic mass is 16.5. The van der Waals surface area contributed by atoms with Gasteiger partial charge in [-0.1, -0.05) is 66.2 Å². The zero-order chi connectivity index (χ0) is 18.2. The van der Waals surface area contributed by atoms with Crippen LogP contribution in [0.5, 0.6) is 0 Å². The van der Waals surface area contributed by atoms with Crippen LogP contribution in [0, 0.1) is 11.8 Å². The minimum absolute atomic E-state index is 0.401. The fourth-order valence-electron chi connectivity index (χ4n) is 2.43. The first-order valence-corrected chi connectivity index (χ1v) is 9.58. The average Bonchev–Trinajstić information content (AvgIpc) is 2.60. The SMILES string of the molecule is CCCCC(CC)COC(=O)/C=C/C(=O)OCC(CC)CCCC. The van der Waals surface area contributed by atoms with Crippen LogP contribution in [0.4, 0.5) is 0 Å². The molecule has 2 unspecified atom stereocenters. The number of hydrogen-bond acceptors (Lipinski definition) is 4. The van der Waals surface area contributed by atoms with Gasteiger partial charge in [-0.05, 0) is 24.7 Å². The van der Waals surface area contributed by atoms with E-state index in [-0.39, 0.29) is 0 Å². The largest absolute Gasteiger partial charge is 0.462 e. The molecule has 0 spiro atoms. The van der Waals surface area contributed by atoms with Crippen LogP contribution in [-0.2, 0) is 19.1 Å². The summed E-state index contributed by atoms with van der Waals surface area (Å²) in [7, 11) is 0. The standard InChI is InChI=1S/C20H36O4/c1-5-9-11-17(7-3)15-23-19(21)13-14-20(22)24-16-18(8-4)12-10-6-2/h13-14,17-18H,5-12,15-16H2,1-4H3/b14-13+. The highest BCUT2D eigenvalue weighted by Gasteiger charge is 2.10. The van der Waals surface area contributed by atoms with E-state index in [1.807, 2.05) is 0 Å². The molecular weight excluding hydrogens is 304 g/mol. The van der Waals surface area contributed by atoms with Gasteiger partial charge in [-0.15, -0.1) is 0 Å². The molecule has 0 rings (SSSR count). The molecule has 0 bridgehead atoms. The van der Waals surface area contributed by atoms with Gasteiger partial charge in [0.2, 0.25) is 0 Å². The second-order valence-corrected chi connectivity index (χ2v) is 6.43. The third-order valence-electron chi connectivity index (χ3n) is 4.36. The Hall–Kier alpha value is -1.32. The summed E-state index contributed by atoms with van der Waals surface area (Å²) in [5.41, 5.74) is 0. The fraction of sp³-hybridized carbons (Fsp3) is 0.800. The van der Waals surface area contributed by atoms with Crippen LogP contribution in [0.3, 0.4) is 0 Å². The summed E-state index contributed by atoms with van der Waals surface area (Å²) >= 11 is 0. The lowest BCUT2D eigenvalue weighted by Gasteiger charge is -2.14. The molecule has 4 heteroatoms. The van der Waals surface area contributed by atoms with Crippen molar-refractivity contribution in [2.45, 2.75) is 79.1 Å². The molecule has 0 aromatic carbocycles. The zero-order valence-electron chi connectivity index (χ0n) is 16.0. The van der Waals surface area contributed by atoms with Gasteiger partial charge in [-0.3, -0.25) is 0 Å². The molecule has 140 valence electrons. The van der Waals surface area contributed by atoms with Gasteiger partial charge in [-0.2, -0.15) is 0 Å². The van der Waals surface area contributed by atoms with Crippen LogP contribution in [-0.4, -0.2) is 25.2 Å². The number of carbonyl (C=O) groups is 2. The first-order chi connectivity index (χ1) is 11.6. The van der Waals surface area contributed by atoms with Crippen LogP contribution in [0.1, 0.15) is 79.1 Å². The summed E-state index contributed by atoms with van der Waals surface area (Å²) in [6.45, 7) is 9.35. The van der Waals surface area contributed by atoms with Crippen molar-refractivity contribution in [1.29, 1.82) is 0 Å². The Labute approximate surface area is 148 Å². The number of unbranched alkanes of at least 4 members (excludes halogenated alkanes) is 2. The molecule has 0 heterocycles. The van der Waals surface area contributed by atoms with E-state index >= 15 is 0 Å². The summed E-state index contributed by atoms with van der Waals surface area (Å²) in [5, 5.41) is 0. The quantitative estimate of drug-likeness (QED) is 0.327. The maximum atomic E-state index is 11.7. The van der Waals surface area contributed by atoms with E-state index < -0.39 is 11.9 Å². The Balaban J connectivity index is 4.04. The van der Waals surface area contributed by atoms with Crippen LogP contribution >= 0.6 is 0 Å². The molecule has 0 amide bonds. The number of carbonyl (C=O) groups excluding carboxylic acids is 2. The average molecular weight is 341 g/mol. The predicted molar refractivity (Wildman–Crippen MR) is 97.7 cm³/mol. The van der Waals surface area contributed by atoms with Crippen LogP contribution < -0.4 is 0 Å². The summed E-state index contributed by atoms with van der Waals surface area (Å²) in [4.78, 5) is 23.3. The highest BCUT2D eigenvalue weighted by molar-refractivity contribution is 5.91. The lowest BCUT2D eigenvalue weighted by Crippen LogP contribution is -2.14. The van der Waals surface area contributed by atoms with Crippen LogP contribution in [0.15, 0.2) is 12.2 Å². The predicted octanol–water partition coefficient (Wildman–Crippen LogP) is 5.06. The van der Waals surface area contributed by atoms with Gasteiger partial charge in [0.25, 0.3) is 0 Å². The molecule has 0 fully saturated rings. The summed E-state index contributed by atoms with van der Waals surface area (Å²) in [6, 6.07) is 0. The molecular formula is C20H36O4. The number of hydrogen-bond donors (Lipinski definition) is 0. The summed E-state index contributed by atoms with van der Waals surface area (Å²) < 4.78 is 10.4. The molecule has 0 aromatic rings. The molecule has 2 atom stereocenters. The number of ether oxygens (including phenoxy) is 2.